The van der Waals surface area contributed by atoms with Crippen LogP contribution in [0.15, 0.2) is 24.3 Å². The molecular formula is C18H23N3O3. The summed E-state index contributed by atoms with van der Waals surface area (Å²) < 4.78 is 0. The maximum atomic E-state index is 12.9. The van der Waals surface area contributed by atoms with Crippen LogP contribution in [0.2, 0.25) is 0 Å². The molecule has 6 nitrogen and oxygen atoms in total. The summed E-state index contributed by atoms with van der Waals surface area (Å²) >= 11 is 0. The van der Waals surface area contributed by atoms with Crippen molar-refractivity contribution in [3.05, 3.63) is 29.8 Å². The summed E-state index contributed by atoms with van der Waals surface area (Å²) in [4.78, 5) is 41.8. The van der Waals surface area contributed by atoms with Crippen molar-refractivity contribution >= 4 is 23.4 Å². The number of carbonyl (C=O) groups excluding carboxylic acids is 3. The van der Waals surface area contributed by atoms with E-state index in [1.807, 2.05) is 18.2 Å². The molecule has 1 aliphatic heterocycles. The highest BCUT2D eigenvalue weighted by Gasteiger charge is 2.34. The molecule has 1 aromatic rings. The second-order valence-electron chi connectivity index (χ2n) is 6.49. The molecule has 128 valence electrons. The van der Waals surface area contributed by atoms with Gasteiger partial charge in [-0.1, -0.05) is 12.1 Å². The normalized spacial score (nSPS) is 17.6. The Hall–Kier alpha value is -2.37. The van der Waals surface area contributed by atoms with Gasteiger partial charge in [0.1, 0.15) is 0 Å². The maximum absolute atomic E-state index is 12.9. The van der Waals surface area contributed by atoms with Gasteiger partial charge in [-0.3, -0.25) is 14.4 Å². The van der Waals surface area contributed by atoms with Gasteiger partial charge in [-0.15, -0.1) is 0 Å². The number of nitrogens with zero attached hydrogens (tertiary/aromatic N) is 3. The highest BCUT2D eigenvalue weighted by atomic mass is 16.2. The first-order valence-corrected chi connectivity index (χ1v) is 8.40. The molecule has 0 unspecified atom stereocenters. The summed E-state index contributed by atoms with van der Waals surface area (Å²) in [6.45, 7) is 3.70. The fourth-order valence-electron chi connectivity index (χ4n) is 3.06. The number of amides is 3. The average molecular weight is 329 g/mol. The molecule has 1 heterocycles. The van der Waals surface area contributed by atoms with Crippen molar-refractivity contribution in [2.24, 2.45) is 5.92 Å². The van der Waals surface area contributed by atoms with E-state index in [1.54, 1.807) is 34.7 Å². The summed E-state index contributed by atoms with van der Waals surface area (Å²) in [5.41, 5.74) is 1.21. The Morgan fingerprint density at radius 3 is 2.17 bits per heavy atom. The van der Waals surface area contributed by atoms with Crippen LogP contribution in [0.4, 0.5) is 5.69 Å². The molecule has 24 heavy (non-hydrogen) atoms. The molecular weight excluding hydrogens is 306 g/mol. The molecule has 2 fully saturated rings. The van der Waals surface area contributed by atoms with Gasteiger partial charge in [0, 0.05) is 46.1 Å². The van der Waals surface area contributed by atoms with Crippen molar-refractivity contribution in [3.8, 4) is 0 Å². The number of hydrogen-bond acceptors (Lipinski definition) is 3. The predicted molar refractivity (Wildman–Crippen MR) is 90.7 cm³/mol. The van der Waals surface area contributed by atoms with E-state index in [0.717, 1.165) is 12.8 Å². The van der Waals surface area contributed by atoms with E-state index in [0.29, 0.717) is 37.4 Å². The SMILES string of the molecule is CC(=O)N1CCN(C(=O)c2ccccc2N(C)C(=O)C2CC2)CC1. The van der Waals surface area contributed by atoms with Gasteiger partial charge in [-0.2, -0.15) is 0 Å². The molecule has 0 atom stereocenters. The standard InChI is InChI=1S/C18H23N3O3/c1-13(22)20-9-11-21(12-10-20)18(24)15-5-3-4-6-16(15)19(2)17(23)14-7-8-14/h3-6,14H,7-12H2,1-2H3. The first-order chi connectivity index (χ1) is 11.5. The minimum absolute atomic E-state index is 0.0391. The van der Waals surface area contributed by atoms with Crippen molar-refractivity contribution in [1.82, 2.24) is 9.80 Å². The lowest BCUT2D eigenvalue weighted by Crippen LogP contribution is -2.50. The fourth-order valence-corrected chi connectivity index (χ4v) is 3.06. The van der Waals surface area contributed by atoms with Gasteiger partial charge in [0.25, 0.3) is 5.91 Å². The number of carbonyl (C=O) groups is 3. The van der Waals surface area contributed by atoms with Crippen molar-refractivity contribution in [1.29, 1.82) is 0 Å². The van der Waals surface area contributed by atoms with Crippen LogP contribution >= 0.6 is 0 Å². The Morgan fingerprint density at radius 1 is 1.00 bits per heavy atom. The molecule has 3 amide bonds. The molecule has 1 saturated carbocycles. The first kappa shape index (κ1) is 16.5. The lowest BCUT2D eigenvalue weighted by molar-refractivity contribution is -0.130. The van der Waals surface area contributed by atoms with Crippen molar-refractivity contribution in [2.75, 3.05) is 38.1 Å². The Kier molecular flexibility index (Phi) is 4.55. The Morgan fingerprint density at radius 2 is 1.58 bits per heavy atom. The number of para-hydroxylation sites is 1. The number of hydrogen-bond donors (Lipinski definition) is 0. The first-order valence-electron chi connectivity index (χ1n) is 8.40. The van der Waals surface area contributed by atoms with Gasteiger partial charge < -0.3 is 14.7 Å². The van der Waals surface area contributed by atoms with Crippen molar-refractivity contribution < 1.29 is 14.4 Å². The second kappa shape index (κ2) is 6.63. The third-order valence-corrected chi connectivity index (χ3v) is 4.77. The van der Waals surface area contributed by atoms with Gasteiger partial charge in [0.2, 0.25) is 11.8 Å². The summed E-state index contributed by atoms with van der Waals surface area (Å²) in [5.74, 6) is 0.149. The van der Waals surface area contributed by atoms with Crippen LogP contribution in [0.1, 0.15) is 30.1 Å². The summed E-state index contributed by atoms with van der Waals surface area (Å²) in [7, 11) is 1.74. The fraction of sp³-hybridized carbons (Fsp3) is 0.500. The topological polar surface area (TPSA) is 60.9 Å². The van der Waals surface area contributed by atoms with E-state index < -0.39 is 0 Å². The van der Waals surface area contributed by atoms with Crippen LogP contribution in [0, 0.1) is 5.92 Å². The Bertz CT molecular complexity index is 661. The van der Waals surface area contributed by atoms with E-state index in [2.05, 4.69) is 0 Å². The highest BCUT2D eigenvalue weighted by molar-refractivity contribution is 6.05. The molecule has 1 aliphatic carbocycles. The van der Waals surface area contributed by atoms with Crippen LogP contribution in [-0.4, -0.2) is 60.7 Å². The van der Waals surface area contributed by atoms with Gasteiger partial charge >= 0.3 is 0 Å². The molecule has 1 saturated heterocycles. The molecule has 6 heteroatoms. The molecule has 0 bridgehead atoms. The zero-order valence-electron chi connectivity index (χ0n) is 14.2. The Labute approximate surface area is 142 Å². The predicted octanol–water partition coefficient (Wildman–Crippen LogP) is 1.36. The number of rotatable bonds is 3. The second-order valence-corrected chi connectivity index (χ2v) is 6.49. The minimum Gasteiger partial charge on any atom is -0.339 e. The lowest BCUT2D eigenvalue weighted by atomic mass is 10.1. The third-order valence-electron chi connectivity index (χ3n) is 4.77. The zero-order chi connectivity index (χ0) is 17.3. The van der Waals surface area contributed by atoms with Crippen LogP contribution < -0.4 is 4.90 Å². The van der Waals surface area contributed by atoms with E-state index in [4.69, 9.17) is 0 Å². The number of benzene rings is 1. The molecule has 1 aromatic carbocycles. The summed E-state index contributed by atoms with van der Waals surface area (Å²) in [5, 5.41) is 0. The third kappa shape index (κ3) is 3.27. The van der Waals surface area contributed by atoms with Crippen molar-refractivity contribution in [2.45, 2.75) is 19.8 Å². The quantitative estimate of drug-likeness (QED) is 0.841. The smallest absolute Gasteiger partial charge is 0.256 e. The van der Waals surface area contributed by atoms with E-state index in [-0.39, 0.29) is 23.6 Å². The molecule has 2 aliphatic rings. The maximum Gasteiger partial charge on any atom is 0.256 e. The van der Waals surface area contributed by atoms with Gasteiger partial charge in [-0.25, -0.2) is 0 Å². The zero-order valence-corrected chi connectivity index (χ0v) is 14.2. The number of anilines is 1. The highest BCUT2D eigenvalue weighted by Crippen LogP contribution is 2.33. The molecule has 0 radical (unpaired) electrons. The minimum atomic E-state index is -0.0794. The van der Waals surface area contributed by atoms with Gasteiger partial charge in [0.05, 0.1) is 11.3 Å². The number of piperazine rings is 1. The summed E-state index contributed by atoms with van der Waals surface area (Å²) in [6, 6.07) is 7.25. The Balaban J connectivity index is 1.76. The molecule has 0 spiro atoms. The van der Waals surface area contributed by atoms with Crippen LogP contribution in [0.3, 0.4) is 0 Å². The monoisotopic (exact) mass is 329 g/mol. The van der Waals surface area contributed by atoms with Crippen LogP contribution in [0.5, 0.6) is 0 Å². The average Bonchev–Trinajstić information content (AvgIpc) is 3.45. The lowest BCUT2D eigenvalue weighted by Gasteiger charge is -2.35. The van der Waals surface area contributed by atoms with E-state index in [9.17, 15) is 14.4 Å². The van der Waals surface area contributed by atoms with E-state index in [1.165, 1.54) is 0 Å². The van der Waals surface area contributed by atoms with Gasteiger partial charge in [-0.05, 0) is 25.0 Å². The molecule has 0 aromatic heterocycles. The summed E-state index contributed by atoms with van der Waals surface area (Å²) in [6.07, 6.45) is 1.87. The molecule has 0 N–H and O–H groups in total. The molecule has 3 rings (SSSR count). The van der Waals surface area contributed by atoms with Gasteiger partial charge in [0.15, 0.2) is 0 Å². The van der Waals surface area contributed by atoms with Crippen molar-refractivity contribution in [3.63, 3.8) is 0 Å². The van der Waals surface area contributed by atoms with E-state index >= 15 is 0 Å². The largest absolute Gasteiger partial charge is 0.339 e. The van der Waals surface area contributed by atoms with Crippen LogP contribution in [0.25, 0.3) is 0 Å². The van der Waals surface area contributed by atoms with Crippen LogP contribution in [-0.2, 0) is 9.59 Å².